The quantitative estimate of drug-likeness (QED) is 0.680. The predicted molar refractivity (Wildman–Crippen MR) is 69.2 cm³/mol. The zero-order valence-corrected chi connectivity index (χ0v) is 10.8. The molecular weight excluding hydrogens is 216 g/mol. The Morgan fingerprint density at radius 1 is 1.06 bits per heavy atom. The minimum Gasteiger partial charge on any atom is -0.493 e. The van der Waals surface area contributed by atoms with Crippen LogP contribution in [-0.2, 0) is 6.42 Å². The first-order valence-corrected chi connectivity index (χ1v) is 5.84. The Hall–Kier alpha value is -1.64. The molecule has 0 N–H and O–H groups in total. The van der Waals surface area contributed by atoms with E-state index in [4.69, 9.17) is 14.2 Å². The molecule has 0 aromatic heterocycles. The fraction of sp³-hybridized carbons (Fsp3) is 0.429. The standard InChI is InChI=1S/C14H20O3/c1-5-8-11-9-13(15-4)14(17-7-3)10-12(11)16-6-2/h5,9-10H,1,6-8H2,2-4H3. The maximum absolute atomic E-state index is 5.59. The molecule has 0 saturated carbocycles. The van der Waals surface area contributed by atoms with Gasteiger partial charge in [0.05, 0.1) is 20.3 Å². The second-order valence-corrected chi connectivity index (χ2v) is 3.47. The summed E-state index contributed by atoms with van der Waals surface area (Å²) in [4.78, 5) is 0. The van der Waals surface area contributed by atoms with Crippen molar-refractivity contribution in [2.24, 2.45) is 0 Å². The lowest BCUT2D eigenvalue weighted by Gasteiger charge is -2.15. The van der Waals surface area contributed by atoms with Crippen LogP contribution in [0.1, 0.15) is 19.4 Å². The summed E-state index contributed by atoms with van der Waals surface area (Å²) in [5.41, 5.74) is 1.06. The molecule has 0 fully saturated rings. The molecular formula is C14H20O3. The average molecular weight is 236 g/mol. The number of hydrogen-bond donors (Lipinski definition) is 0. The molecule has 0 spiro atoms. The van der Waals surface area contributed by atoms with E-state index < -0.39 is 0 Å². The van der Waals surface area contributed by atoms with Crippen LogP contribution in [-0.4, -0.2) is 20.3 Å². The van der Waals surface area contributed by atoms with Crippen molar-refractivity contribution in [3.05, 3.63) is 30.4 Å². The molecule has 0 bridgehead atoms. The lowest BCUT2D eigenvalue weighted by Crippen LogP contribution is -2.01. The van der Waals surface area contributed by atoms with Crippen molar-refractivity contribution in [2.75, 3.05) is 20.3 Å². The molecule has 1 aromatic carbocycles. The summed E-state index contributed by atoms with van der Waals surface area (Å²) in [6.45, 7) is 8.87. The Kier molecular flexibility index (Phi) is 5.40. The Morgan fingerprint density at radius 2 is 1.71 bits per heavy atom. The fourth-order valence-corrected chi connectivity index (χ4v) is 1.62. The average Bonchev–Trinajstić information content (AvgIpc) is 2.33. The van der Waals surface area contributed by atoms with Crippen molar-refractivity contribution in [3.8, 4) is 17.2 Å². The van der Waals surface area contributed by atoms with Gasteiger partial charge in [-0.15, -0.1) is 6.58 Å². The number of hydrogen-bond acceptors (Lipinski definition) is 3. The smallest absolute Gasteiger partial charge is 0.164 e. The Balaban J connectivity index is 3.15. The summed E-state index contributed by atoms with van der Waals surface area (Å²) in [6, 6.07) is 3.82. The topological polar surface area (TPSA) is 27.7 Å². The molecule has 0 saturated heterocycles. The van der Waals surface area contributed by atoms with Crippen molar-refractivity contribution in [3.63, 3.8) is 0 Å². The van der Waals surface area contributed by atoms with Crippen LogP contribution in [0.3, 0.4) is 0 Å². The number of allylic oxidation sites excluding steroid dienone is 1. The van der Waals surface area contributed by atoms with Gasteiger partial charge in [0, 0.05) is 11.6 Å². The van der Waals surface area contributed by atoms with E-state index in [0.717, 1.165) is 23.5 Å². The summed E-state index contributed by atoms with van der Waals surface area (Å²) < 4.78 is 16.4. The predicted octanol–water partition coefficient (Wildman–Crippen LogP) is 3.22. The van der Waals surface area contributed by atoms with E-state index in [9.17, 15) is 0 Å². The normalized spacial score (nSPS) is 9.82. The van der Waals surface area contributed by atoms with Gasteiger partial charge in [0.1, 0.15) is 5.75 Å². The Bertz CT molecular complexity index is 372. The molecule has 0 unspecified atom stereocenters. The minimum atomic E-state index is 0.600. The number of methoxy groups -OCH3 is 1. The third kappa shape index (κ3) is 3.41. The first-order chi connectivity index (χ1) is 8.26. The molecule has 1 rings (SSSR count). The molecule has 0 heterocycles. The molecule has 1 aromatic rings. The third-order valence-corrected chi connectivity index (χ3v) is 2.31. The van der Waals surface area contributed by atoms with Gasteiger partial charge in [-0.3, -0.25) is 0 Å². The molecule has 0 aliphatic heterocycles. The summed E-state index contributed by atoms with van der Waals surface area (Å²) in [6.07, 6.45) is 2.59. The van der Waals surface area contributed by atoms with Crippen LogP contribution in [0.4, 0.5) is 0 Å². The van der Waals surface area contributed by atoms with Gasteiger partial charge in [-0.05, 0) is 26.3 Å². The number of rotatable bonds is 7. The maximum Gasteiger partial charge on any atom is 0.164 e. The summed E-state index contributed by atoms with van der Waals surface area (Å²) in [5, 5.41) is 0. The van der Waals surface area contributed by atoms with Crippen LogP contribution >= 0.6 is 0 Å². The van der Waals surface area contributed by atoms with Gasteiger partial charge in [-0.1, -0.05) is 6.08 Å². The van der Waals surface area contributed by atoms with E-state index in [0.29, 0.717) is 19.0 Å². The van der Waals surface area contributed by atoms with Crippen LogP contribution in [0.15, 0.2) is 24.8 Å². The van der Waals surface area contributed by atoms with E-state index in [-0.39, 0.29) is 0 Å². The molecule has 3 heteroatoms. The maximum atomic E-state index is 5.59. The van der Waals surface area contributed by atoms with E-state index in [1.807, 2.05) is 32.1 Å². The first kappa shape index (κ1) is 13.4. The second kappa shape index (κ2) is 6.84. The van der Waals surface area contributed by atoms with Crippen molar-refractivity contribution >= 4 is 0 Å². The zero-order chi connectivity index (χ0) is 12.7. The third-order valence-electron chi connectivity index (χ3n) is 2.31. The van der Waals surface area contributed by atoms with E-state index in [2.05, 4.69) is 6.58 Å². The molecule has 17 heavy (non-hydrogen) atoms. The summed E-state index contributed by atoms with van der Waals surface area (Å²) in [5.74, 6) is 2.27. The van der Waals surface area contributed by atoms with E-state index in [1.54, 1.807) is 7.11 Å². The van der Waals surface area contributed by atoms with Crippen LogP contribution in [0.5, 0.6) is 17.2 Å². The van der Waals surface area contributed by atoms with E-state index in [1.165, 1.54) is 0 Å². The summed E-state index contributed by atoms with van der Waals surface area (Å²) >= 11 is 0. The van der Waals surface area contributed by atoms with Crippen molar-refractivity contribution in [1.82, 2.24) is 0 Å². The molecule has 94 valence electrons. The molecule has 0 radical (unpaired) electrons. The number of ether oxygens (including phenoxy) is 3. The Morgan fingerprint density at radius 3 is 2.24 bits per heavy atom. The molecule has 0 atom stereocenters. The van der Waals surface area contributed by atoms with Crippen molar-refractivity contribution in [2.45, 2.75) is 20.3 Å². The monoisotopic (exact) mass is 236 g/mol. The number of benzene rings is 1. The summed E-state index contributed by atoms with van der Waals surface area (Å²) in [7, 11) is 1.63. The van der Waals surface area contributed by atoms with Gasteiger partial charge in [-0.2, -0.15) is 0 Å². The van der Waals surface area contributed by atoms with Gasteiger partial charge < -0.3 is 14.2 Å². The van der Waals surface area contributed by atoms with Gasteiger partial charge in [-0.25, -0.2) is 0 Å². The lowest BCUT2D eigenvalue weighted by molar-refractivity contribution is 0.301. The molecule has 0 aliphatic rings. The minimum absolute atomic E-state index is 0.600. The van der Waals surface area contributed by atoms with Crippen LogP contribution in [0.25, 0.3) is 0 Å². The van der Waals surface area contributed by atoms with Gasteiger partial charge in [0.15, 0.2) is 11.5 Å². The fourth-order valence-electron chi connectivity index (χ4n) is 1.62. The highest BCUT2D eigenvalue weighted by atomic mass is 16.5. The molecule has 0 amide bonds. The Labute approximate surface area is 103 Å². The highest BCUT2D eigenvalue weighted by Gasteiger charge is 2.11. The highest BCUT2D eigenvalue weighted by molar-refractivity contribution is 5.51. The lowest BCUT2D eigenvalue weighted by atomic mass is 10.1. The van der Waals surface area contributed by atoms with E-state index >= 15 is 0 Å². The highest BCUT2D eigenvalue weighted by Crippen LogP contribution is 2.35. The van der Waals surface area contributed by atoms with Crippen molar-refractivity contribution in [1.29, 1.82) is 0 Å². The van der Waals surface area contributed by atoms with Gasteiger partial charge in [0.2, 0.25) is 0 Å². The van der Waals surface area contributed by atoms with Crippen LogP contribution in [0.2, 0.25) is 0 Å². The molecule has 3 nitrogen and oxygen atoms in total. The van der Waals surface area contributed by atoms with Crippen LogP contribution < -0.4 is 14.2 Å². The SMILES string of the molecule is C=CCc1cc(OC)c(OCC)cc1OCC. The van der Waals surface area contributed by atoms with Gasteiger partial charge in [0.25, 0.3) is 0 Å². The zero-order valence-electron chi connectivity index (χ0n) is 10.8. The first-order valence-electron chi connectivity index (χ1n) is 5.84. The molecule has 0 aliphatic carbocycles. The second-order valence-electron chi connectivity index (χ2n) is 3.47. The largest absolute Gasteiger partial charge is 0.493 e. The van der Waals surface area contributed by atoms with Gasteiger partial charge >= 0.3 is 0 Å². The van der Waals surface area contributed by atoms with Crippen LogP contribution in [0, 0.1) is 0 Å². The van der Waals surface area contributed by atoms with Crippen molar-refractivity contribution < 1.29 is 14.2 Å².